The van der Waals surface area contributed by atoms with Gasteiger partial charge in [-0.3, -0.25) is 4.79 Å². The summed E-state index contributed by atoms with van der Waals surface area (Å²) in [6.07, 6.45) is 0. The second-order valence-electron chi connectivity index (χ2n) is 5.79. The molecule has 25 heavy (non-hydrogen) atoms. The topological polar surface area (TPSA) is 47.6 Å². The molecule has 3 aromatic carbocycles. The predicted molar refractivity (Wildman–Crippen MR) is 101 cm³/mol. The quantitative estimate of drug-likeness (QED) is 0.738. The minimum atomic E-state index is 0.000949. The highest BCUT2D eigenvalue weighted by atomic mass is 32.2. The van der Waals surface area contributed by atoms with Crippen LogP contribution in [0.15, 0.2) is 60.7 Å². The van der Waals surface area contributed by atoms with Gasteiger partial charge in [-0.25, -0.2) is 0 Å². The first-order valence-corrected chi connectivity index (χ1v) is 9.18. The molecule has 3 aromatic rings. The van der Waals surface area contributed by atoms with Gasteiger partial charge in [-0.15, -0.1) is 11.8 Å². The number of ether oxygens (including phenoxy) is 2. The summed E-state index contributed by atoms with van der Waals surface area (Å²) in [6.45, 7) is 0.278. The molecule has 0 saturated carbocycles. The van der Waals surface area contributed by atoms with Crippen LogP contribution in [-0.4, -0.2) is 18.5 Å². The molecular weight excluding hydrogens is 334 g/mol. The van der Waals surface area contributed by atoms with Gasteiger partial charge in [-0.05, 0) is 40.6 Å². The van der Waals surface area contributed by atoms with Gasteiger partial charge in [0.05, 0.1) is 5.75 Å². The monoisotopic (exact) mass is 351 g/mol. The second kappa shape index (κ2) is 7.07. The molecule has 126 valence electrons. The van der Waals surface area contributed by atoms with Gasteiger partial charge in [0, 0.05) is 11.4 Å². The summed E-state index contributed by atoms with van der Waals surface area (Å²) < 4.78 is 10.7. The van der Waals surface area contributed by atoms with Crippen LogP contribution < -0.4 is 14.8 Å². The molecule has 1 N–H and O–H groups in total. The maximum Gasteiger partial charge on any atom is 0.234 e. The van der Waals surface area contributed by atoms with Crippen molar-refractivity contribution in [2.24, 2.45) is 0 Å². The predicted octanol–water partition coefficient (Wildman–Crippen LogP) is 4.44. The summed E-state index contributed by atoms with van der Waals surface area (Å²) in [6, 6.07) is 19.9. The lowest BCUT2D eigenvalue weighted by Crippen LogP contribution is -2.14. The molecule has 0 atom stereocenters. The minimum absolute atomic E-state index is 0.000949. The van der Waals surface area contributed by atoms with Gasteiger partial charge in [0.2, 0.25) is 12.7 Å². The molecule has 5 heteroatoms. The van der Waals surface area contributed by atoms with Crippen LogP contribution in [0.5, 0.6) is 11.5 Å². The van der Waals surface area contributed by atoms with Crippen molar-refractivity contribution in [1.29, 1.82) is 0 Å². The number of amides is 1. The SMILES string of the molecule is O=C(CSCc1ccc2c(c1)OCO2)Nc1ccc2ccccc2c1. The second-order valence-corrected chi connectivity index (χ2v) is 6.78. The van der Waals surface area contributed by atoms with E-state index in [0.29, 0.717) is 5.75 Å². The van der Waals surface area contributed by atoms with Crippen molar-refractivity contribution in [3.8, 4) is 11.5 Å². The molecule has 0 aliphatic carbocycles. The van der Waals surface area contributed by atoms with Crippen LogP contribution in [0.25, 0.3) is 10.8 Å². The van der Waals surface area contributed by atoms with E-state index in [2.05, 4.69) is 11.4 Å². The molecule has 0 fully saturated rings. The number of hydrogen-bond donors (Lipinski definition) is 1. The third-order valence-corrected chi connectivity index (χ3v) is 4.98. The Balaban J connectivity index is 1.31. The van der Waals surface area contributed by atoms with Crippen LogP contribution >= 0.6 is 11.8 Å². The average molecular weight is 351 g/mol. The summed E-state index contributed by atoms with van der Waals surface area (Å²) in [4.78, 5) is 12.1. The molecule has 0 unspecified atom stereocenters. The molecule has 1 aliphatic heterocycles. The summed E-state index contributed by atoms with van der Waals surface area (Å²) in [7, 11) is 0. The number of fused-ring (bicyclic) bond motifs is 2. The standard InChI is InChI=1S/C20H17NO3S/c22-20(21-17-7-6-15-3-1-2-4-16(15)10-17)12-25-11-14-5-8-18-19(9-14)24-13-23-18/h1-10H,11-13H2,(H,21,22). The Bertz CT molecular complexity index is 926. The molecule has 1 aliphatic rings. The van der Waals surface area contributed by atoms with Gasteiger partial charge in [0.15, 0.2) is 11.5 Å². The van der Waals surface area contributed by atoms with Crippen molar-refractivity contribution < 1.29 is 14.3 Å². The maximum absolute atomic E-state index is 12.1. The largest absolute Gasteiger partial charge is 0.454 e. The number of carbonyl (C=O) groups is 1. The van der Waals surface area contributed by atoms with E-state index in [1.807, 2.05) is 54.6 Å². The Morgan fingerprint density at radius 3 is 2.72 bits per heavy atom. The Hall–Kier alpha value is -2.66. The molecule has 0 saturated heterocycles. The first-order chi connectivity index (χ1) is 12.3. The molecule has 0 spiro atoms. The number of nitrogens with one attached hydrogen (secondary N) is 1. The average Bonchev–Trinajstić information content (AvgIpc) is 3.09. The van der Waals surface area contributed by atoms with Crippen molar-refractivity contribution in [3.05, 3.63) is 66.2 Å². The number of benzene rings is 3. The highest BCUT2D eigenvalue weighted by Gasteiger charge is 2.13. The third kappa shape index (κ3) is 3.72. The lowest BCUT2D eigenvalue weighted by atomic mass is 10.1. The van der Waals surface area contributed by atoms with E-state index in [0.717, 1.165) is 39.3 Å². The van der Waals surface area contributed by atoms with Crippen LogP contribution in [0.1, 0.15) is 5.56 Å². The Kier molecular flexibility index (Phi) is 4.48. The summed E-state index contributed by atoms with van der Waals surface area (Å²) in [5, 5.41) is 5.24. The van der Waals surface area contributed by atoms with Gasteiger partial charge >= 0.3 is 0 Å². The molecular formula is C20H17NO3S. The minimum Gasteiger partial charge on any atom is -0.454 e. The number of carbonyl (C=O) groups excluding carboxylic acids is 1. The smallest absolute Gasteiger partial charge is 0.234 e. The lowest BCUT2D eigenvalue weighted by Gasteiger charge is -2.07. The van der Waals surface area contributed by atoms with Crippen molar-refractivity contribution in [2.75, 3.05) is 17.9 Å². The fourth-order valence-corrected chi connectivity index (χ4v) is 3.53. The first kappa shape index (κ1) is 15.8. The van der Waals surface area contributed by atoms with E-state index < -0.39 is 0 Å². The zero-order valence-corrected chi connectivity index (χ0v) is 14.3. The van der Waals surface area contributed by atoms with E-state index in [9.17, 15) is 4.79 Å². The molecule has 0 bridgehead atoms. The van der Waals surface area contributed by atoms with Crippen molar-refractivity contribution >= 4 is 34.1 Å². The highest BCUT2D eigenvalue weighted by Crippen LogP contribution is 2.33. The third-order valence-electron chi connectivity index (χ3n) is 3.97. The summed E-state index contributed by atoms with van der Waals surface area (Å²) in [5.41, 5.74) is 1.94. The van der Waals surface area contributed by atoms with Crippen molar-refractivity contribution in [2.45, 2.75) is 5.75 Å². The van der Waals surface area contributed by atoms with Crippen molar-refractivity contribution in [1.82, 2.24) is 0 Å². The van der Waals surface area contributed by atoms with Crippen LogP contribution in [0.3, 0.4) is 0 Å². The molecule has 1 heterocycles. The molecule has 0 aromatic heterocycles. The molecule has 0 radical (unpaired) electrons. The van der Waals surface area contributed by atoms with E-state index in [1.54, 1.807) is 11.8 Å². The van der Waals surface area contributed by atoms with Crippen LogP contribution in [0, 0.1) is 0 Å². The van der Waals surface area contributed by atoms with E-state index in [1.165, 1.54) is 0 Å². The fourth-order valence-electron chi connectivity index (χ4n) is 2.76. The van der Waals surface area contributed by atoms with Crippen LogP contribution in [0.2, 0.25) is 0 Å². The van der Waals surface area contributed by atoms with Crippen LogP contribution in [0.4, 0.5) is 5.69 Å². The molecule has 1 amide bonds. The lowest BCUT2D eigenvalue weighted by molar-refractivity contribution is -0.113. The van der Waals surface area contributed by atoms with Gasteiger partial charge in [-0.2, -0.15) is 0 Å². The number of hydrogen-bond acceptors (Lipinski definition) is 4. The summed E-state index contributed by atoms with van der Waals surface area (Å²) in [5.74, 6) is 2.71. The Labute approximate surface area is 150 Å². The number of rotatable bonds is 5. The number of anilines is 1. The van der Waals surface area contributed by atoms with E-state index >= 15 is 0 Å². The van der Waals surface area contributed by atoms with Gasteiger partial charge < -0.3 is 14.8 Å². The van der Waals surface area contributed by atoms with Gasteiger partial charge in [-0.1, -0.05) is 36.4 Å². The van der Waals surface area contributed by atoms with Crippen LogP contribution in [-0.2, 0) is 10.5 Å². The van der Waals surface area contributed by atoms with E-state index in [-0.39, 0.29) is 12.7 Å². The number of thioether (sulfide) groups is 1. The summed E-state index contributed by atoms with van der Waals surface area (Å²) >= 11 is 1.57. The maximum atomic E-state index is 12.1. The Morgan fingerprint density at radius 1 is 0.960 bits per heavy atom. The molecule has 4 rings (SSSR count). The van der Waals surface area contributed by atoms with Crippen molar-refractivity contribution in [3.63, 3.8) is 0 Å². The van der Waals surface area contributed by atoms with E-state index in [4.69, 9.17) is 9.47 Å². The van der Waals surface area contributed by atoms with Gasteiger partial charge in [0.25, 0.3) is 0 Å². The zero-order valence-electron chi connectivity index (χ0n) is 13.5. The first-order valence-electron chi connectivity index (χ1n) is 8.03. The Morgan fingerprint density at radius 2 is 1.80 bits per heavy atom. The fraction of sp³-hybridized carbons (Fsp3) is 0.150. The zero-order chi connectivity index (χ0) is 17.1. The molecule has 4 nitrogen and oxygen atoms in total. The highest BCUT2D eigenvalue weighted by molar-refractivity contribution is 7.99. The normalized spacial score (nSPS) is 12.3. The van der Waals surface area contributed by atoms with Gasteiger partial charge in [0.1, 0.15) is 0 Å².